The number of rotatable bonds is 13. The molecule has 2 rings (SSSR count). The number of methoxy groups -OCH3 is 3. The van der Waals surface area contributed by atoms with Gasteiger partial charge >= 0.3 is 5.97 Å². The Balaban J connectivity index is 2.35. The molecule has 0 aliphatic heterocycles. The van der Waals surface area contributed by atoms with Crippen LogP contribution in [0, 0.1) is 0 Å². The number of nitrogens with zero attached hydrogens (tertiary/aromatic N) is 1. The number of hydrogen-bond acceptors (Lipinski definition) is 9. The lowest BCUT2D eigenvalue weighted by molar-refractivity contribution is -0.141. The molecule has 1 unspecified atom stereocenters. The standard InChI is InChI=1S/C22H29NO8/c1-15(23-28-5)6-7-17-8-9-20(31-17)21(22(24)27-4)16-10-18(29-13-25-2)12-19(11-16)30-14-26-3/h8-12,21H,6-7,13-14H2,1-5H3. The number of esters is 1. The van der Waals surface area contributed by atoms with Gasteiger partial charge in [0, 0.05) is 26.7 Å². The normalized spacial score (nSPS) is 12.4. The Hall–Kier alpha value is -3.04. The fraction of sp³-hybridized carbons (Fsp3) is 0.455. The zero-order chi connectivity index (χ0) is 22.6. The summed E-state index contributed by atoms with van der Waals surface area (Å²) >= 11 is 0. The molecule has 0 saturated heterocycles. The highest BCUT2D eigenvalue weighted by Crippen LogP contribution is 2.33. The maximum absolute atomic E-state index is 12.7. The molecular formula is C22H29NO8. The van der Waals surface area contributed by atoms with E-state index in [9.17, 15) is 4.79 Å². The lowest BCUT2D eigenvalue weighted by Gasteiger charge is -2.16. The van der Waals surface area contributed by atoms with Gasteiger partial charge in [-0.1, -0.05) is 5.16 Å². The number of oxime groups is 1. The fourth-order valence-electron chi connectivity index (χ4n) is 2.90. The number of carbonyl (C=O) groups is 1. The summed E-state index contributed by atoms with van der Waals surface area (Å²) in [5.41, 5.74) is 1.43. The third-order valence-corrected chi connectivity index (χ3v) is 4.31. The van der Waals surface area contributed by atoms with E-state index in [2.05, 4.69) is 5.16 Å². The molecule has 31 heavy (non-hydrogen) atoms. The fourth-order valence-corrected chi connectivity index (χ4v) is 2.90. The van der Waals surface area contributed by atoms with Gasteiger partial charge in [-0.25, -0.2) is 0 Å². The molecule has 0 radical (unpaired) electrons. The Kier molecular flexibility index (Phi) is 9.86. The van der Waals surface area contributed by atoms with Gasteiger partial charge in [-0.15, -0.1) is 0 Å². The SMILES string of the molecule is COCOc1cc(OCOC)cc(C(C(=O)OC)c2ccc(CCC(C)=NOC)o2)c1. The van der Waals surface area contributed by atoms with Crippen LogP contribution in [0.25, 0.3) is 0 Å². The summed E-state index contributed by atoms with van der Waals surface area (Å²) in [6.45, 7) is 1.96. The van der Waals surface area contributed by atoms with Crippen LogP contribution in [0.3, 0.4) is 0 Å². The highest BCUT2D eigenvalue weighted by atomic mass is 16.7. The first-order chi connectivity index (χ1) is 15.0. The molecule has 0 spiro atoms. The first kappa shape index (κ1) is 24.2. The lowest BCUT2D eigenvalue weighted by Crippen LogP contribution is -2.16. The third-order valence-electron chi connectivity index (χ3n) is 4.31. The van der Waals surface area contributed by atoms with E-state index in [0.717, 1.165) is 11.5 Å². The van der Waals surface area contributed by atoms with E-state index in [4.69, 9.17) is 32.9 Å². The third kappa shape index (κ3) is 7.30. The smallest absolute Gasteiger partial charge is 0.320 e. The number of ether oxygens (including phenoxy) is 5. The quantitative estimate of drug-likeness (QED) is 0.204. The van der Waals surface area contributed by atoms with Crippen molar-refractivity contribution in [1.29, 1.82) is 0 Å². The summed E-state index contributed by atoms with van der Waals surface area (Å²) in [7, 11) is 5.88. The number of benzene rings is 1. The van der Waals surface area contributed by atoms with Gasteiger partial charge in [0.2, 0.25) is 0 Å². The van der Waals surface area contributed by atoms with Crippen LogP contribution in [0.15, 0.2) is 39.9 Å². The number of carbonyl (C=O) groups excluding carboxylic acids is 1. The molecule has 1 aromatic heterocycles. The van der Waals surface area contributed by atoms with E-state index in [1.165, 1.54) is 28.4 Å². The molecule has 0 aliphatic rings. The first-order valence-corrected chi connectivity index (χ1v) is 9.63. The number of hydrogen-bond donors (Lipinski definition) is 0. The van der Waals surface area contributed by atoms with Gasteiger partial charge in [0.25, 0.3) is 0 Å². The topological polar surface area (TPSA) is 98.0 Å². The van der Waals surface area contributed by atoms with Crippen LogP contribution >= 0.6 is 0 Å². The summed E-state index contributed by atoms with van der Waals surface area (Å²) in [6, 6.07) is 8.72. The summed E-state index contributed by atoms with van der Waals surface area (Å²) in [5.74, 6) is 0.833. The monoisotopic (exact) mass is 435 g/mol. The van der Waals surface area contributed by atoms with E-state index in [-0.39, 0.29) is 13.6 Å². The highest BCUT2D eigenvalue weighted by Gasteiger charge is 2.28. The van der Waals surface area contributed by atoms with Gasteiger partial charge in [-0.05, 0) is 43.2 Å². The minimum absolute atomic E-state index is 0.0450. The minimum atomic E-state index is -0.802. The van der Waals surface area contributed by atoms with Gasteiger partial charge in [0.15, 0.2) is 13.6 Å². The molecule has 0 fully saturated rings. The van der Waals surface area contributed by atoms with Gasteiger partial charge in [-0.2, -0.15) is 0 Å². The molecular weight excluding hydrogens is 406 g/mol. The summed E-state index contributed by atoms with van der Waals surface area (Å²) in [6.07, 6.45) is 1.28. The molecule has 2 aromatic rings. The molecule has 9 nitrogen and oxygen atoms in total. The van der Waals surface area contributed by atoms with Crippen LogP contribution in [0.4, 0.5) is 0 Å². The van der Waals surface area contributed by atoms with Crippen LogP contribution in [-0.4, -0.2) is 53.7 Å². The Bertz CT molecular complexity index is 835. The van der Waals surface area contributed by atoms with E-state index in [0.29, 0.717) is 35.7 Å². The summed E-state index contributed by atoms with van der Waals surface area (Å²) < 4.78 is 32.1. The minimum Gasteiger partial charge on any atom is -0.468 e. The van der Waals surface area contributed by atoms with Gasteiger partial charge in [-0.3, -0.25) is 4.79 Å². The Labute approximate surface area is 181 Å². The van der Waals surface area contributed by atoms with Crippen LogP contribution < -0.4 is 9.47 Å². The van der Waals surface area contributed by atoms with Crippen molar-refractivity contribution >= 4 is 11.7 Å². The van der Waals surface area contributed by atoms with Crippen molar-refractivity contribution in [1.82, 2.24) is 0 Å². The Morgan fingerprint density at radius 2 is 1.65 bits per heavy atom. The van der Waals surface area contributed by atoms with Gasteiger partial charge in [0.05, 0.1) is 12.8 Å². The predicted molar refractivity (Wildman–Crippen MR) is 112 cm³/mol. The predicted octanol–water partition coefficient (Wildman–Crippen LogP) is 3.50. The molecule has 1 heterocycles. The highest BCUT2D eigenvalue weighted by molar-refractivity contribution is 5.82. The first-order valence-electron chi connectivity index (χ1n) is 9.63. The van der Waals surface area contributed by atoms with E-state index in [1.807, 2.05) is 13.0 Å². The average molecular weight is 435 g/mol. The maximum Gasteiger partial charge on any atom is 0.320 e. The second kappa shape index (κ2) is 12.6. The van der Waals surface area contributed by atoms with Crippen molar-refractivity contribution in [2.24, 2.45) is 5.16 Å². The van der Waals surface area contributed by atoms with Gasteiger partial charge < -0.3 is 32.9 Å². The molecule has 1 aromatic carbocycles. The second-order valence-electron chi connectivity index (χ2n) is 6.61. The molecule has 0 saturated carbocycles. The molecule has 9 heteroatoms. The lowest BCUT2D eigenvalue weighted by atomic mass is 9.96. The summed E-state index contributed by atoms with van der Waals surface area (Å²) in [5, 5.41) is 3.89. The average Bonchev–Trinajstić information content (AvgIpc) is 3.23. The largest absolute Gasteiger partial charge is 0.468 e. The van der Waals surface area contributed by atoms with Crippen LogP contribution in [-0.2, 0) is 30.3 Å². The number of aryl methyl sites for hydroxylation is 1. The van der Waals surface area contributed by atoms with Crippen molar-refractivity contribution in [3.63, 3.8) is 0 Å². The number of furan rings is 1. The molecule has 0 N–H and O–H groups in total. The van der Waals surface area contributed by atoms with Crippen molar-refractivity contribution in [3.8, 4) is 11.5 Å². The second-order valence-corrected chi connectivity index (χ2v) is 6.61. The zero-order valence-corrected chi connectivity index (χ0v) is 18.5. The summed E-state index contributed by atoms with van der Waals surface area (Å²) in [4.78, 5) is 17.4. The van der Waals surface area contributed by atoms with Crippen molar-refractivity contribution < 1.29 is 37.7 Å². The van der Waals surface area contributed by atoms with Crippen molar-refractivity contribution in [3.05, 3.63) is 47.4 Å². The Morgan fingerprint density at radius 3 is 2.19 bits per heavy atom. The molecule has 0 bridgehead atoms. The van der Waals surface area contributed by atoms with E-state index in [1.54, 1.807) is 24.3 Å². The van der Waals surface area contributed by atoms with Crippen LogP contribution in [0.5, 0.6) is 11.5 Å². The van der Waals surface area contributed by atoms with Crippen LogP contribution in [0.2, 0.25) is 0 Å². The Morgan fingerprint density at radius 1 is 1.00 bits per heavy atom. The molecule has 0 aliphatic carbocycles. The zero-order valence-electron chi connectivity index (χ0n) is 18.5. The van der Waals surface area contributed by atoms with E-state index < -0.39 is 11.9 Å². The molecule has 0 amide bonds. The van der Waals surface area contributed by atoms with E-state index >= 15 is 0 Å². The molecule has 1 atom stereocenters. The van der Waals surface area contributed by atoms with Crippen LogP contribution in [0.1, 0.15) is 36.3 Å². The van der Waals surface area contributed by atoms with Gasteiger partial charge in [0.1, 0.15) is 36.0 Å². The maximum atomic E-state index is 12.7. The van der Waals surface area contributed by atoms with Crippen molar-refractivity contribution in [2.75, 3.05) is 42.0 Å². The van der Waals surface area contributed by atoms with Crippen molar-refractivity contribution in [2.45, 2.75) is 25.7 Å². The molecule has 170 valence electrons.